The average molecular weight is 356 g/mol. The maximum absolute atomic E-state index is 10.2. The highest BCUT2D eigenvalue weighted by Crippen LogP contribution is 2.26. The molecule has 0 aliphatic carbocycles. The minimum Gasteiger partial charge on any atom is -0.496 e. The summed E-state index contributed by atoms with van der Waals surface area (Å²) in [6, 6.07) is 13.4. The van der Waals surface area contributed by atoms with Gasteiger partial charge in [0.05, 0.1) is 17.7 Å². The van der Waals surface area contributed by atoms with Crippen LogP contribution in [0.3, 0.4) is 0 Å². The highest BCUT2D eigenvalue weighted by molar-refractivity contribution is 9.10. The lowest BCUT2D eigenvalue weighted by molar-refractivity contribution is 0.175. The Bertz CT molecular complexity index is 586. The third-order valence-corrected chi connectivity index (χ3v) is 4.09. The zero-order chi connectivity index (χ0) is 14.5. The molecule has 4 heteroatoms. The first-order valence-corrected chi connectivity index (χ1v) is 7.51. The summed E-state index contributed by atoms with van der Waals surface area (Å²) >= 11 is 9.55. The molecule has 2 aromatic rings. The summed E-state index contributed by atoms with van der Waals surface area (Å²) < 4.78 is 6.08. The molecule has 0 saturated carbocycles. The van der Waals surface area contributed by atoms with E-state index in [1.807, 2.05) is 42.5 Å². The summed E-state index contributed by atoms with van der Waals surface area (Å²) in [7, 11) is 1.63. The van der Waals surface area contributed by atoms with Gasteiger partial charge in [-0.2, -0.15) is 0 Å². The topological polar surface area (TPSA) is 29.5 Å². The fraction of sp³-hybridized carbons (Fsp3) is 0.250. The molecule has 0 aromatic heterocycles. The van der Waals surface area contributed by atoms with Crippen LogP contribution in [0, 0.1) is 0 Å². The summed E-state index contributed by atoms with van der Waals surface area (Å²) in [4.78, 5) is 0. The van der Waals surface area contributed by atoms with Crippen LogP contribution in [-0.4, -0.2) is 18.3 Å². The number of hydrogen-bond acceptors (Lipinski definition) is 2. The predicted molar refractivity (Wildman–Crippen MR) is 85.6 cm³/mol. The summed E-state index contributed by atoms with van der Waals surface area (Å²) in [5, 5.41) is 10.9. The molecular weight excluding hydrogens is 340 g/mol. The quantitative estimate of drug-likeness (QED) is 0.868. The van der Waals surface area contributed by atoms with Gasteiger partial charge in [-0.15, -0.1) is 0 Å². The van der Waals surface area contributed by atoms with Gasteiger partial charge in [0.25, 0.3) is 0 Å². The Morgan fingerprint density at radius 2 is 1.95 bits per heavy atom. The Morgan fingerprint density at radius 3 is 2.60 bits per heavy atom. The van der Waals surface area contributed by atoms with E-state index < -0.39 is 6.10 Å². The van der Waals surface area contributed by atoms with Crippen molar-refractivity contribution in [3.8, 4) is 5.75 Å². The van der Waals surface area contributed by atoms with Crippen molar-refractivity contribution in [2.45, 2.75) is 18.9 Å². The molecule has 2 nitrogen and oxygen atoms in total. The van der Waals surface area contributed by atoms with E-state index in [0.717, 1.165) is 21.3 Å². The van der Waals surface area contributed by atoms with Gasteiger partial charge in [-0.3, -0.25) is 0 Å². The van der Waals surface area contributed by atoms with Crippen molar-refractivity contribution >= 4 is 27.5 Å². The normalized spacial score (nSPS) is 12.2. The molecule has 0 fully saturated rings. The highest BCUT2D eigenvalue weighted by Gasteiger charge is 2.10. The number of methoxy groups -OCH3 is 1. The van der Waals surface area contributed by atoms with Gasteiger partial charge in [0.1, 0.15) is 5.75 Å². The molecule has 0 amide bonds. The molecule has 0 heterocycles. The minimum atomic E-state index is -0.463. The van der Waals surface area contributed by atoms with Crippen LogP contribution in [0.25, 0.3) is 0 Å². The zero-order valence-corrected chi connectivity index (χ0v) is 13.5. The second kappa shape index (κ2) is 7.11. The molecule has 1 N–H and O–H groups in total. The second-order valence-electron chi connectivity index (χ2n) is 4.62. The zero-order valence-electron chi connectivity index (χ0n) is 11.1. The number of halogens is 2. The second-order valence-corrected chi connectivity index (χ2v) is 5.88. The van der Waals surface area contributed by atoms with Crippen molar-refractivity contribution in [3.05, 3.63) is 63.1 Å². The first-order valence-electron chi connectivity index (χ1n) is 6.34. The average Bonchev–Trinajstić information content (AvgIpc) is 2.41. The van der Waals surface area contributed by atoms with Crippen LogP contribution >= 0.6 is 27.5 Å². The molecule has 1 unspecified atom stereocenters. The number of hydrogen-bond donors (Lipinski definition) is 1. The van der Waals surface area contributed by atoms with Crippen molar-refractivity contribution in [1.29, 1.82) is 0 Å². The van der Waals surface area contributed by atoms with Gasteiger partial charge in [-0.25, -0.2) is 0 Å². The summed E-state index contributed by atoms with van der Waals surface area (Å²) in [5.74, 6) is 0.786. The lowest BCUT2D eigenvalue weighted by Gasteiger charge is -2.13. The molecule has 106 valence electrons. The maximum Gasteiger partial charge on any atom is 0.133 e. The molecule has 2 rings (SSSR count). The summed E-state index contributed by atoms with van der Waals surface area (Å²) in [5.41, 5.74) is 2.02. The van der Waals surface area contributed by atoms with E-state index in [2.05, 4.69) is 15.9 Å². The fourth-order valence-corrected chi connectivity index (χ4v) is 2.90. The number of aliphatic hydroxyl groups excluding tert-OH is 1. The first-order chi connectivity index (χ1) is 9.60. The van der Waals surface area contributed by atoms with Gasteiger partial charge in [-0.1, -0.05) is 35.9 Å². The molecule has 0 radical (unpaired) electrons. The molecule has 0 aliphatic heterocycles. The summed E-state index contributed by atoms with van der Waals surface area (Å²) in [6.07, 6.45) is 0.659. The SMILES string of the molecule is COc1ccc(CC(O)Cc2ccccc2Cl)cc1Br. The van der Waals surface area contributed by atoms with Crippen LogP contribution < -0.4 is 4.74 Å². The van der Waals surface area contributed by atoms with Crippen LogP contribution in [-0.2, 0) is 12.8 Å². The lowest BCUT2D eigenvalue weighted by atomic mass is 10.0. The van der Waals surface area contributed by atoms with E-state index in [1.165, 1.54) is 0 Å². The molecule has 2 aromatic carbocycles. The van der Waals surface area contributed by atoms with Crippen LogP contribution in [0.1, 0.15) is 11.1 Å². The first kappa shape index (κ1) is 15.4. The third-order valence-electron chi connectivity index (χ3n) is 3.10. The Labute approximate surface area is 132 Å². The van der Waals surface area contributed by atoms with E-state index in [4.69, 9.17) is 16.3 Å². The van der Waals surface area contributed by atoms with E-state index >= 15 is 0 Å². The van der Waals surface area contributed by atoms with E-state index in [9.17, 15) is 5.11 Å². The molecular formula is C16H16BrClO2. The Balaban J connectivity index is 2.03. The predicted octanol–water partition coefficient (Wildman–Crippen LogP) is 4.26. The molecule has 0 bridgehead atoms. The smallest absolute Gasteiger partial charge is 0.133 e. The van der Waals surface area contributed by atoms with E-state index in [0.29, 0.717) is 17.9 Å². The third kappa shape index (κ3) is 3.98. The minimum absolute atomic E-state index is 0.463. The van der Waals surface area contributed by atoms with Crippen molar-refractivity contribution in [3.63, 3.8) is 0 Å². The van der Waals surface area contributed by atoms with Gasteiger partial charge < -0.3 is 9.84 Å². The standard InChI is InChI=1S/C16H16BrClO2/c1-20-16-7-6-11(9-14(16)17)8-13(19)10-12-4-2-3-5-15(12)18/h2-7,9,13,19H,8,10H2,1H3. The van der Waals surface area contributed by atoms with Crippen molar-refractivity contribution in [1.82, 2.24) is 0 Å². The van der Waals surface area contributed by atoms with Crippen molar-refractivity contribution in [2.75, 3.05) is 7.11 Å². The maximum atomic E-state index is 10.2. The van der Waals surface area contributed by atoms with Crippen molar-refractivity contribution in [2.24, 2.45) is 0 Å². The molecule has 0 aliphatic rings. The van der Waals surface area contributed by atoms with Crippen molar-refractivity contribution < 1.29 is 9.84 Å². The molecule has 1 atom stereocenters. The van der Waals surface area contributed by atoms with Crippen LogP contribution in [0.4, 0.5) is 0 Å². The highest BCUT2D eigenvalue weighted by atomic mass is 79.9. The van der Waals surface area contributed by atoms with E-state index in [-0.39, 0.29) is 0 Å². The monoisotopic (exact) mass is 354 g/mol. The number of benzene rings is 2. The molecule has 20 heavy (non-hydrogen) atoms. The molecule has 0 saturated heterocycles. The number of rotatable bonds is 5. The van der Waals surface area contributed by atoms with Gasteiger partial charge in [0.15, 0.2) is 0 Å². The number of ether oxygens (including phenoxy) is 1. The van der Waals surface area contributed by atoms with Crippen LogP contribution in [0.2, 0.25) is 5.02 Å². The van der Waals surface area contributed by atoms with E-state index in [1.54, 1.807) is 7.11 Å². The van der Waals surface area contributed by atoms with Gasteiger partial charge in [0.2, 0.25) is 0 Å². The molecule has 0 spiro atoms. The largest absolute Gasteiger partial charge is 0.496 e. The van der Waals surface area contributed by atoms with Gasteiger partial charge in [-0.05, 0) is 51.7 Å². The van der Waals surface area contributed by atoms with Gasteiger partial charge in [0, 0.05) is 11.4 Å². The fourth-order valence-electron chi connectivity index (χ4n) is 2.10. The Morgan fingerprint density at radius 1 is 1.20 bits per heavy atom. The van der Waals surface area contributed by atoms with Gasteiger partial charge >= 0.3 is 0 Å². The Hall–Kier alpha value is -1.03. The van der Waals surface area contributed by atoms with Crippen LogP contribution in [0.15, 0.2) is 46.9 Å². The Kier molecular flexibility index (Phi) is 5.46. The number of aliphatic hydroxyl groups is 1. The van der Waals surface area contributed by atoms with Crippen LogP contribution in [0.5, 0.6) is 5.75 Å². The summed E-state index contributed by atoms with van der Waals surface area (Å²) in [6.45, 7) is 0. The lowest BCUT2D eigenvalue weighted by Crippen LogP contribution is -2.14.